The number of para-hydroxylation sites is 1. The van der Waals surface area contributed by atoms with Gasteiger partial charge >= 0.3 is 6.18 Å². The summed E-state index contributed by atoms with van der Waals surface area (Å²) in [5, 5.41) is 7.08. The van der Waals surface area contributed by atoms with Crippen LogP contribution in [0.25, 0.3) is 5.69 Å². The second kappa shape index (κ2) is 8.28. The predicted molar refractivity (Wildman–Crippen MR) is 107 cm³/mol. The van der Waals surface area contributed by atoms with Crippen molar-refractivity contribution in [3.63, 3.8) is 0 Å². The van der Waals surface area contributed by atoms with Gasteiger partial charge in [-0.3, -0.25) is 0 Å². The molecule has 0 saturated carbocycles. The van der Waals surface area contributed by atoms with E-state index in [4.69, 9.17) is 4.74 Å². The van der Waals surface area contributed by atoms with E-state index < -0.39 is 11.7 Å². The molecule has 30 heavy (non-hydrogen) atoms. The molecular formula is C22H17F3N4O. The van der Waals surface area contributed by atoms with Gasteiger partial charge in [-0.1, -0.05) is 30.3 Å². The molecule has 0 saturated heterocycles. The van der Waals surface area contributed by atoms with Crippen LogP contribution in [-0.2, 0) is 12.7 Å². The number of ether oxygens (including phenoxy) is 1. The second-order valence-electron chi connectivity index (χ2n) is 6.48. The zero-order valence-corrected chi connectivity index (χ0v) is 15.7. The fourth-order valence-corrected chi connectivity index (χ4v) is 2.88. The van der Waals surface area contributed by atoms with Gasteiger partial charge in [-0.05, 0) is 48.0 Å². The molecule has 4 rings (SSSR count). The summed E-state index contributed by atoms with van der Waals surface area (Å²) in [6.45, 7) is 0.369. The van der Waals surface area contributed by atoms with Gasteiger partial charge in [-0.15, -0.1) is 0 Å². The van der Waals surface area contributed by atoms with Gasteiger partial charge in [0.15, 0.2) is 0 Å². The summed E-state index contributed by atoms with van der Waals surface area (Å²) >= 11 is 0. The first-order valence-corrected chi connectivity index (χ1v) is 9.11. The third-order valence-corrected chi connectivity index (χ3v) is 4.37. The van der Waals surface area contributed by atoms with E-state index in [9.17, 15) is 13.2 Å². The second-order valence-corrected chi connectivity index (χ2v) is 6.48. The molecule has 0 unspecified atom stereocenters. The fraction of sp³-hybridized carbons (Fsp3) is 0.0909. The minimum absolute atomic E-state index is 0.239. The molecule has 152 valence electrons. The summed E-state index contributed by atoms with van der Waals surface area (Å²) < 4.78 is 47.7. The first-order chi connectivity index (χ1) is 14.5. The number of benzene rings is 3. The molecule has 1 aromatic heterocycles. The van der Waals surface area contributed by atoms with Crippen molar-refractivity contribution < 1.29 is 17.9 Å². The maximum atomic E-state index is 13.6. The highest BCUT2D eigenvalue weighted by Crippen LogP contribution is 2.39. The van der Waals surface area contributed by atoms with Crippen molar-refractivity contribution in [1.82, 2.24) is 14.8 Å². The summed E-state index contributed by atoms with van der Waals surface area (Å²) in [6, 6.07) is 19.8. The lowest BCUT2D eigenvalue weighted by molar-refractivity contribution is -0.138. The van der Waals surface area contributed by atoms with Crippen molar-refractivity contribution in [2.45, 2.75) is 12.7 Å². The van der Waals surface area contributed by atoms with E-state index in [1.54, 1.807) is 47.4 Å². The third kappa shape index (κ3) is 4.60. The standard InChI is InChI=1S/C22H17F3N4O/c23-22(24,25)20-12-17(8-11-21(20)30-19-4-2-1-3-5-19)27-13-16-6-9-18(10-7-16)29-15-26-14-28-29/h1-12,14-15,27H,13H2. The van der Waals surface area contributed by atoms with Crippen LogP contribution in [0.3, 0.4) is 0 Å². The van der Waals surface area contributed by atoms with Gasteiger partial charge in [-0.25, -0.2) is 9.67 Å². The fourth-order valence-electron chi connectivity index (χ4n) is 2.88. The molecule has 0 fully saturated rings. The van der Waals surface area contributed by atoms with E-state index in [0.29, 0.717) is 18.0 Å². The van der Waals surface area contributed by atoms with E-state index in [0.717, 1.165) is 17.3 Å². The van der Waals surface area contributed by atoms with E-state index in [-0.39, 0.29) is 5.75 Å². The van der Waals surface area contributed by atoms with Gasteiger partial charge in [0.05, 0.1) is 5.69 Å². The molecular weight excluding hydrogens is 393 g/mol. The molecule has 5 nitrogen and oxygen atoms in total. The highest BCUT2D eigenvalue weighted by Gasteiger charge is 2.35. The van der Waals surface area contributed by atoms with Crippen LogP contribution in [0.1, 0.15) is 11.1 Å². The summed E-state index contributed by atoms with van der Waals surface area (Å²) in [5.41, 5.74) is 1.27. The highest BCUT2D eigenvalue weighted by molar-refractivity contribution is 5.53. The van der Waals surface area contributed by atoms with Crippen LogP contribution in [0.4, 0.5) is 18.9 Å². The van der Waals surface area contributed by atoms with E-state index >= 15 is 0 Å². The number of halogens is 3. The average Bonchev–Trinajstić information content (AvgIpc) is 3.28. The molecule has 0 radical (unpaired) electrons. The van der Waals surface area contributed by atoms with Gasteiger partial charge in [-0.2, -0.15) is 18.3 Å². The first kappa shape index (κ1) is 19.5. The van der Waals surface area contributed by atoms with Crippen LogP contribution in [0.15, 0.2) is 85.5 Å². The molecule has 4 aromatic rings. The van der Waals surface area contributed by atoms with Crippen molar-refractivity contribution in [1.29, 1.82) is 0 Å². The van der Waals surface area contributed by atoms with Crippen molar-refractivity contribution in [3.8, 4) is 17.2 Å². The molecule has 0 bridgehead atoms. The molecule has 1 heterocycles. The smallest absolute Gasteiger partial charge is 0.420 e. The van der Waals surface area contributed by atoms with E-state index in [1.165, 1.54) is 12.4 Å². The van der Waals surface area contributed by atoms with Crippen LogP contribution in [0, 0.1) is 0 Å². The maximum absolute atomic E-state index is 13.6. The number of hydrogen-bond acceptors (Lipinski definition) is 4. The first-order valence-electron chi connectivity index (χ1n) is 9.11. The number of nitrogens with zero attached hydrogens (tertiary/aromatic N) is 3. The number of hydrogen-bond donors (Lipinski definition) is 1. The van der Waals surface area contributed by atoms with Gasteiger partial charge < -0.3 is 10.1 Å². The van der Waals surface area contributed by atoms with Gasteiger partial charge in [0, 0.05) is 12.2 Å². The highest BCUT2D eigenvalue weighted by atomic mass is 19.4. The summed E-state index contributed by atoms with van der Waals surface area (Å²) in [6.07, 6.45) is -1.51. The third-order valence-electron chi connectivity index (χ3n) is 4.37. The minimum Gasteiger partial charge on any atom is -0.457 e. The molecule has 3 aromatic carbocycles. The Kier molecular flexibility index (Phi) is 5.38. The molecule has 0 spiro atoms. The lowest BCUT2D eigenvalue weighted by atomic mass is 10.1. The monoisotopic (exact) mass is 410 g/mol. The van der Waals surface area contributed by atoms with Crippen LogP contribution < -0.4 is 10.1 Å². The summed E-state index contributed by atoms with van der Waals surface area (Å²) in [5.74, 6) is 0.104. The Hall–Kier alpha value is -3.81. The van der Waals surface area contributed by atoms with Crippen LogP contribution >= 0.6 is 0 Å². The van der Waals surface area contributed by atoms with Gasteiger partial charge in [0.25, 0.3) is 0 Å². The van der Waals surface area contributed by atoms with Gasteiger partial charge in [0.1, 0.15) is 29.7 Å². The predicted octanol–water partition coefficient (Wildman–Crippen LogP) is 5.69. The topological polar surface area (TPSA) is 52.0 Å². The van der Waals surface area contributed by atoms with E-state index in [1.807, 2.05) is 24.3 Å². The largest absolute Gasteiger partial charge is 0.457 e. The molecule has 0 amide bonds. The van der Waals surface area contributed by atoms with Crippen molar-refractivity contribution in [2.24, 2.45) is 0 Å². The Morgan fingerprint density at radius 1 is 0.933 bits per heavy atom. The number of nitrogens with one attached hydrogen (secondary N) is 1. The Balaban J connectivity index is 1.49. The number of anilines is 1. The number of rotatable bonds is 6. The Bertz CT molecular complexity index is 1100. The van der Waals surface area contributed by atoms with Crippen molar-refractivity contribution >= 4 is 5.69 Å². The Morgan fingerprint density at radius 3 is 2.37 bits per heavy atom. The van der Waals surface area contributed by atoms with Crippen molar-refractivity contribution in [3.05, 3.63) is 96.6 Å². The van der Waals surface area contributed by atoms with Crippen molar-refractivity contribution in [2.75, 3.05) is 5.32 Å². The lowest BCUT2D eigenvalue weighted by Crippen LogP contribution is -2.09. The average molecular weight is 410 g/mol. The molecule has 0 aliphatic carbocycles. The molecule has 8 heteroatoms. The van der Waals surface area contributed by atoms with E-state index in [2.05, 4.69) is 15.4 Å². The quantitative estimate of drug-likeness (QED) is 0.444. The molecule has 0 aliphatic rings. The van der Waals surface area contributed by atoms with Crippen LogP contribution in [0.2, 0.25) is 0 Å². The minimum atomic E-state index is -4.54. The molecule has 0 atom stereocenters. The summed E-state index contributed by atoms with van der Waals surface area (Å²) in [7, 11) is 0. The Labute approximate surface area is 170 Å². The van der Waals surface area contributed by atoms with Crippen LogP contribution in [0.5, 0.6) is 11.5 Å². The molecule has 0 aliphatic heterocycles. The lowest BCUT2D eigenvalue weighted by Gasteiger charge is -2.16. The molecule has 1 N–H and O–H groups in total. The zero-order valence-electron chi connectivity index (χ0n) is 15.7. The van der Waals surface area contributed by atoms with Crippen LogP contribution in [-0.4, -0.2) is 14.8 Å². The normalized spacial score (nSPS) is 11.3. The van der Waals surface area contributed by atoms with Gasteiger partial charge in [0.2, 0.25) is 0 Å². The Morgan fingerprint density at radius 2 is 1.70 bits per heavy atom. The number of aromatic nitrogens is 3. The maximum Gasteiger partial charge on any atom is 0.420 e. The number of alkyl halides is 3. The zero-order chi connectivity index (χ0) is 21.0. The summed E-state index contributed by atoms with van der Waals surface area (Å²) in [4.78, 5) is 3.90. The SMILES string of the molecule is FC(F)(F)c1cc(NCc2ccc(-n3cncn3)cc2)ccc1Oc1ccccc1.